The predicted molar refractivity (Wildman–Crippen MR) is 174 cm³/mol. The van der Waals surface area contributed by atoms with Gasteiger partial charge in [0, 0.05) is 32.5 Å². The van der Waals surface area contributed by atoms with E-state index in [1.165, 1.54) is 11.1 Å². The summed E-state index contributed by atoms with van der Waals surface area (Å²) < 4.78 is 5.88. The molecule has 0 aromatic heterocycles. The van der Waals surface area contributed by atoms with Gasteiger partial charge < -0.3 is 24.8 Å². The van der Waals surface area contributed by atoms with Crippen LogP contribution in [0, 0.1) is 0 Å². The number of benzene rings is 3. The van der Waals surface area contributed by atoms with Crippen LogP contribution >= 0.6 is 0 Å². The number of fused-ring (bicyclic) bond motifs is 2. The van der Waals surface area contributed by atoms with E-state index in [-0.39, 0.29) is 36.9 Å². The number of ether oxygens (including phenoxy) is 1. The summed E-state index contributed by atoms with van der Waals surface area (Å²) in [6.07, 6.45) is 7.33. The predicted octanol–water partition coefficient (Wildman–Crippen LogP) is 5.55. The number of allylic oxidation sites excluding steroid dienone is 1. The smallest absolute Gasteiger partial charge is 0.319 e. The third-order valence-electron chi connectivity index (χ3n) is 9.19. The highest BCUT2D eigenvalue weighted by Crippen LogP contribution is 2.31. The van der Waals surface area contributed by atoms with Crippen molar-refractivity contribution in [3.05, 3.63) is 107 Å². The number of piperazine rings is 1. The molecule has 0 spiro atoms. The summed E-state index contributed by atoms with van der Waals surface area (Å²) in [6.45, 7) is 5.49. The lowest BCUT2D eigenvalue weighted by atomic mass is 9.91. The fourth-order valence-corrected chi connectivity index (χ4v) is 6.59. The highest BCUT2D eigenvalue weighted by atomic mass is 16.5. The zero-order chi connectivity index (χ0) is 31.3. The van der Waals surface area contributed by atoms with Crippen molar-refractivity contribution in [2.45, 2.75) is 77.4 Å². The zero-order valence-electron chi connectivity index (χ0n) is 26.2. The molecule has 3 aliphatic rings. The molecule has 0 radical (unpaired) electrons. The van der Waals surface area contributed by atoms with Crippen molar-refractivity contribution in [1.82, 2.24) is 20.0 Å². The van der Waals surface area contributed by atoms with E-state index in [0.717, 1.165) is 41.7 Å². The van der Waals surface area contributed by atoms with E-state index in [0.29, 0.717) is 26.1 Å². The van der Waals surface area contributed by atoms with Crippen molar-refractivity contribution < 1.29 is 19.1 Å². The monoisotopic (exact) mass is 606 g/mol. The summed E-state index contributed by atoms with van der Waals surface area (Å²) in [4.78, 5) is 46.7. The van der Waals surface area contributed by atoms with Crippen LogP contribution in [0.1, 0.15) is 60.9 Å². The van der Waals surface area contributed by atoms with Crippen LogP contribution in [0.3, 0.4) is 0 Å². The Hall–Kier alpha value is -4.59. The van der Waals surface area contributed by atoms with E-state index < -0.39 is 12.2 Å². The number of urea groups is 1. The molecule has 2 aliphatic heterocycles. The minimum Gasteiger partial charge on any atom is -0.491 e. The SMILES string of the molecule is CCC(C)Oc1ccc(CNC(=O)N2CCC(=O)N3C2CN(Cc2cccc4c2CCC=C4)C(=O)[C@@H]3Cc2ccccc2)cc1. The van der Waals surface area contributed by atoms with Crippen LogP contribution in [-0.4, -0.2) is 63.9 Å². The molecule has 2 heterocycles. The largest absolute Gasteiger partial charge is 0.491 e. The molecule has 8 heteroatoms. The van der Waals surface area contributed by atoms with E-state index in [1.54, 1.807) is 9.80 Å². The van der Waals surface area contributed by atoms with Crippen molar-refractivity contribution in [3.8, 4) is 5.75 Å². The molecular formula is C37H42N4O4. The lowest BCUT2D eigenvalue weighted by Crippen LogP contribution is -2.72. The van der Waals surface area contributed by atoms with Gasteiger partial charge in [-0.05, 0) is 66.1 Å². The second-order valence-electron chi connectivity index (χ2n) is 12.2. The first kappa shape index (κ1) is 30.4. The van der Waals surface area contributed by atoms with Crippen LogP contribution in [0.25, 0.3) is 6.08 Å². The van der Waals surface area contributed by atoms with Gasteiger partial charge in [0.05, 0.1) is 12.6 Å². The van der Waals surface area contributed by atoms with Crippen LogP contribution in [0.2, 0.25) is 0 Å². The highest BCUT2D eigenvalue weighted by Gasteiger charge is 2.48. The minimum absolute atomic E-state index is 0.0747. The van der Waals surface area contributed by atoms with Crippen LogP contribution in [-0.2, 0) is 35.5 Å². The Morgan fingerprint density at radius 3 is 2.56 bits per heavy atom. The highest BCUT2D eigenvalue weighted by molar-refractivity contribution is 5.91. The Morgan fingerprint density at radius 1 is 0.978 bits per heavy atom. The first-order valence-electron chi connectivity index (χ1n) is 16.1. The first-order valence-corrected chi connectivity index (χ1v) is 16.1. The number of carbonyl (C=O) groups excluding carboxylic acids is 3. The fourth-order valence-electron chi connectivity index (χ4n) is 6.59. The topological polar surface area (TPSA) is 82.2 Å². The van der Waals surface area contributed by atoms with Crippen LogP contribution in [0.15, 0.2) is 78.9 Å². The van der Waals surface area contributed by atoms with E-state index in [2.05, 4.69) is 36.5 Å². The minimum atomic E-state index is -0.688. The van der Waals surface area contributed by atoms with Gasteiger partial charge in [0.2, 0.25) is 11.8 Å². The molecule has 2 fully saturated rings. The van der Waals surface area contributed by atoms with Crippen LogP contribution in [0.4, 0.5) is 4.79 Å². The molecule has 8 nitrogen and oxygen atoms in total. The van der Waals surface area contributed by atoms with Crippen LogP contribution in [0.5, 0.6) is 5.75 Å². The molecule has 45 heavy (non-hydrogen) atoms. The number of nitrogens with zero attached hydrogens (tertiary/aromatic N) is 3. The van der Waals surface area contributed by atoms with Crippen molar-refractivity contribution in [2.75, 3.05) is 13.1 Å². The Kier molecular flexibility index (Phi) is 9.19. The van der Waals surface area contributed by atoms with Crippen molar-refractivity contribution in [1.29, 1.82) is 0 Å². The lowest BCUT2D eigenvalue weighted by Gasteiger charge is -2.52. The molecule has 1 N–H and O–H groups in total. The second-order valence-corrected chi connectivity index (χ2v) is 12.2. The molecule has 3 aromatic carbocycles. The Morgan fingerprint density at radius 2 is 1.78 bits per heavy atom. The maximum atomic E-state index is 14.2. The average molecular weight is 607 g/mol. The van der Waals surface area contributed by atoms with E-state index >= 15 is 0 Å². The summed E-state index contributed by atoms with van der Waals surface area (Å²) in [5, 5.41) is 3.07. The van der Waals surface area contributed by atoms with Gasteiger partial charge in [-0.25, -0.2) is 4.79 Å². The quantitative estimate of drug-likeness (QED) is 0.347. The third kappa shape index (κ3) is 6.75. The molecule has 6 rings (SSSR count). The van der Waals surface area contributed by atoms with Crippen molar-refractivity contribution in [2.24, 2.45) is 0 Å². The van der Waals surface area contributed by atoms with Gasteiger partial charge in [-0.15, -0.1) is 0 Å². The number of hydrogen-bond donors (Lipinski definition) is 1. The van der Waals surface area contributed by atoms with Gasteiger partial charge in [0.1, 0.15) is 18.0 Å². The summed E-state index contributed by atoms with van der Waals surface area (Å²) >= 11 is 0. The number of rotatable bonds is 9. The molecule has 2 unspecified atom stereocenters. The van der Waals surface area contributed by atoms with Gasteiger partial charge in [-0.1, -0.05) is 79.7 Å². The fraction of sp³-hybridized carbons (Fsp3) is 0.378. The van der Waals surface area contributed by atoms with Crippen molar-refractivity contribution in [3.63, 3.8) is 0 Å². The summed E-state index contributed by atoms with van der Waals surface area (Å²) in [6, 6.07) is 22.9. The standard InChI is InChI=1S/C37H42N4O4/c1-3-26(2)45-31-18-16-28(17-19-31)23-38-37(44)40-21-20-35(42)41-33(22-27-10-5-4-6-11-27)36(43)39(25-34(40)41)24-30-14-9-13-29-12-7-8-15-32(29)30/h4-7,9-14,16-19,26,33-34H,3,8,15,20-25H2,1-2H3,(H,38,44)/t26?,33-,34?/m0/s1. The lowest BCUT2D eigenvalue weighted by molar-refractivity contribution is -0.167. The number of amides is 4. The molecule has 3 atom stereocenters. The molecule has 0 saturated carbocycles. The number of nitrogens with one attached hydrogen (secondary N) is 1. The van der Waals surface area contributed by atoms with Gasteiger partial charge in [0.15, 0.2) is 0 Å². The number of hydrogen-bond acceptors (Lipinski definition) is 4. The molecule has 0 bridgehead atoms. The summed E-state index contributed by atoms with van der Waals surface area (Å²) in [5.41, 5.74) is 5.52. The number of carbonyl (C=O) groups is 3. The molecule has 3 aromatic rings. The molecule has 1 aliphatic carbocycles. The normalized spacial score (nSPS) is 20.0. The van der Waals surface area contributed by atoms with E-state index in [1.807, 2.05) is 72.5 Å². The molecule has 2 saturated heterocycles. The third-order valence-corrected chi connectivity index (χ3v) is 9.19. The second kappa shape index (κ2) is 13.6. The van der Waals surface area contributed by atoms with E-state index in [9.17, 15) is 14.4 Å². The first-order chi connectivity index (χ1) is 21.9. The average Bonchev–Trinajstić information content (AvgIpc) is 3.07. The van der Waals surface area contributed by atoms with Gasteiger partial charge in [0.25, 0.3) is 0 Å². The maximum absolute atomic E-state index is 14.2. The zero-order valence-corrected chi connectivity index (χ0v) is 26.2. The Bertz CT molecular complexity index is 1550. The molecule has 234 valence electrons. The van der Waals surface area contributed by atoms with Gasteiger partial charge in [-0.3, -0.25) is 9.59 Å². The van der Waals surface area contributed by atoms with Crippen molar-refractivity contribution >= 4 is 23.9 Å². The van der Waals surface area contributed by atoms with E-state index in [4.69, 9.17) is 4.74 Å². The maximum Gasteiger partial charge on any atom is 0.319 e. The summed E-state index contributed by atoms with van der Waals surface area (Å²) in [7, 11) is 0. The van der Waals surface area contributed by atoms with Gasteiger partial charge in [-0.2, -0.15) is 0 Å². The molecule has 4 amide bonds. The Labute approximate surface area is 265 Å². The van der Waals surface area contributed by atoms with Gasteiger partial charge >= 0.3 is 6.03 Å². The summed E-state index contributed by atoms with van der Waals surface area (Å²) in [5.74, 6) is 0.642. The molecular weight excluding hydrogens is 564 g/mol. The Balaban J connectivity index is 1.23. The van der Waals surface area contributed by atoms with Crippen LogP contribution < -0.4 is 10.1 Å².